The third-order valence-electron chi connectivity index (χ3n) is 4.38. The van der Waals surface area contributed by atoms with Gasteiger partial charge in [-0.2, -0.15) is 5.26 Å². The van der Waals surface area contributed by atoms with Gasteiger partial charge in [-0.25, -0.2) is 0 Å². The van der Waals surface area contributed by atoms with Crippen molar-refractivity contribution >= 4 is 21.8 Å². The summed E-state index contributed by atoms with van der Waals surface area (Å²) in [6.07, 6.45) is 2.04. The molecule has 2 rings (SSSR count). The van der Waals surface area contributed by atoms with Gasteiger partial charge in [-0.05, 0) is 48.7 Å². The van der Waals surface area contributed by atoms with Crippen molar-refractivity contribution in [3.8, 4) is 11.8 Å². The molecule has 0 spiro atoms. The Morgan fingerprint density at radius 1 is 1.19 bits per heavy atom. The molecule has 0 bridgehead atoms. The number of amides is 1. The van der Waals surface area contributed by atoms with Gasteiger partial charge in [0.05, 0.1) is 18.2 Å². The average molecular weight is 429 g/mol. The number of hydrogen-bond acceptors (Lipinski definition) is 3. The van der Waals surface area contributed by atoms with Crippen molar-refractivity contribution in [3.63, 3.8) is 0 Å². The molecule has 2 aromatic carbocycles. The molecule has 2 aromatic rings. The zero-order chi connectivity index (χ0) is 19.7. The van der Waals surface area contributed by atoms with Crippen LogP contribution in [0.25, 0.3) is 0 Å². The Hall–Kier alpha value is -2.32. The van der Waals surface area contributed by atoms with Crippen molar-refractivity contribution < 1.29 is 9.53 Å². The van der Waals surface area contributed by atoms with E-state index >= 15 is 0 Å². The maximum Gasteiger partial charge on any atom is 0.220 e. The van der Waals surface area contributed by atoms with Crippen molar-refractivity contribution in [3.05, 3.63) is 64.1 Å². The third kappa shape index (κ3) is 7.07. The summed E-state index contributed by atoms with van der Waals surface area (Å²) in [5.41, 5.74) is 1.66. The SMILES string of the molecule is CC(C)(CNC(=O)CCCCOc1cccc(C#N)c1)c1ccc(Br)cc1. The quantitative estimate of drug-likeness (QED) is 0.573. The van der Waals surface area contributed by atoms with E-state index in [0.717, 1.165) is 17.3 Å². The van der Waals surface area contributed by atoms with Gasteiger partial charge in [-0.1, -0.05) is 48.0 Å². The first kappa shape index (κ1) is 21.0. The fourth-order valence-electron chi connectivity index (χ4n) is 2.64. The molecule has 0 saturated carbocycles. The molecule has 0 aliphatic rings. The van der Waals surface area contributed by atoms with Crippen molar-refractivity contribution in [2.24, 2.45) is 0 Å². The lowest BCUT2D eigenvalue weighted by molar-refractivity contribution is -0.121. The first-order valence-electron chi connectivity index (χ1n) is 9.06. The van der Waals surface area contributed by atoms with Crippen LogP contribution in [0, 0.1) is 11.3 Å². The molecular weight excluding hydrogens is 404 g/mol. The number of ether oxygens (including phenoxy) is 1. The second-order valence-corrected chi connectivity index (χ2v) is 8.03. The van der Waals surface area contributed by atoms with Crippen LogP contribution in [0.5, 0.6) is 5.75 Å². The zero-order valence-electron chi connectivity index (χ0n) is 15.8. The number of rotatable bonds is 9. The third-order valence-corrected chi connectivity index (χ3v) is 4.91. The van der Waals surface area contributed by atoms with E-state index < -0.39 is 0 Å². The van der Waals surface area contributed by atoms with Gasteiger partial charge >= 0.3 is 0 Å². The Kier molecular flexibility index (Phi) is 7.87. The molecule has 5 heteroatoms. The molecule has 0 heterocycles. The molecule has 1 amide bonds. The van der Waals surface area contributed by atoms with Crippen LogP contribution in [0.15, 0.2) is 53.0 Å². The lowest BCUT2D eigenvalue weighted by Gasteiger charge is -2.25. The van der Waals surface area contributed by atoms with Crippen molar-refractivity contribution in [2.75, 3.05) is 13.2 Å². The summed E-state index contributed by atoms with van der Waals surface area (Å²) >= 11 is 3.44. The molecule has 1 N–H and O–H groups in total. The van der Waals surface area contributed by atoms with Crippen LogP contribution in [0.4, 0.5) is 0 Å². The topological polar surface area (TPSA) is 62.1 Å². The number of hydrogen-bond donors (Lipinski definition) is 1. The maximum atomic E-state index is 12.1. The highest BCUT2D eigenvalue weighted by atomic mass is 79.9. The van der Waals surface area contributed by atoms with Crippen LogP contribution in [-0.2, 0) is 10.2 Å². The fourth-order valence-corrected chi connectivity index (χ4v) is 2.91. The van der Waals surface area contributed by atoms with Gasteiger partial charge in [-0.15, -0.1) is 0 Å². The minimum absolute atomic E-state index is 0.0617. The van der Waals surface area contributed by atoms with Gasteiger partial charge in [0.1, 0.15) is 5.75 Å². The summed E-state index contributed by atoms with van der Waals surface area (Å²) in [6.45, 7) is 5.39. The van der Waals surface area contributed by atoms with Crippen LogP contribution < -0.4 is 10.1 Å². The number of unbranched alkanes of at least 4 members (excludes halogenated alkanes) is 1. The molecule has 0 unspecified atom stereocenters. The second-order valence-electron chi connectivity index (χ2n) is 7.11. The predicted octanol–water partition coefficient (Wildman–Crippen LogP) is 4.96. The Morgan fingerprint density at radius 2 is 1.93 bits per heavy atom. The van der Waals surface area contributed by atoms with Crippen molar-refractivity contribution in [1.82, 2.24) is 5.32 Å². The Morgan fingerprint density at radius 3 is 2.63 bits per heavy atom. The number of halogens is 1. The summed E-state index contributed by atoms with van der Waals surface area (Å²) in [5.74, 6) is 0.751. The molecule has 0 atom stereocenters. The number of nitriles is 1. The predicted molar refractivity (Wildman–Crippen MR) is 111 cm³/mol. The van der Waals surface area contributed by atoms with Crippen molar-refractivity contribution in [1.29, 1.82) is 5.26 Å². The standard InChI is InChI=1S/C22H25BrN2O2/c1-22(2,18-9-11-19(23)12-10-18)16-25-21(26)8-3-4-13-27-20-7-5-6-17(14-20)15-24/h5-7,9-12,14H,3-4,8,13,16H2,1-2H3,(H,25,26). The van der Waals surface area contributed by atoms with E-state index in [2.05, 4.69) is 53.3 Å². The minimum Gasteiger partial charge on any atom is -0.494 e. The average Bonchev–Trinajstić information content (AvgIpc) is 2.67. The van der Waals surface area contributed by atoms with Crippen molar-refractivity contribution in [2.45, 2.75) is 38.5 Å². The van der Waals surface area contributed by atoms with Gasteiger partial charge in [0.15, 0.2) is 0 Å². The number of nitrogens with zero attached hydrogens (tertiary/aromatic N) is 1. The van der Waals surface area contributed by atoms with E-state index in [0.29, 0.717) is 30.9 Å². The monoisotopic (exact) mass is 428 g/mol. The molecule has 0 saturated heterocycles. The van der Waals surface area contributed by atoms with Gasteiger partial charge in [0.25, 0.3) is 0 Å². The Labute approximate surface area is 169 Å². The Balaban J connectivity index is 1.66. The smallest absolute Gasteiger partial charge is 0.220 e. The number of nitrogens with one attached hydrogen (secondary N) is 1. The molecule has 0 aliphatic carbocycles. The first-order valence-corrected chi connectivity index (χ1v) is 9.86. The molecule has 0 fully saturated rings. The number of carbonyl (C=O) groups excluding carboxylic acids is 1. The van der Waals surface area contributed by atoms with Crippen LogP contribution in [0.2, 0.25) is 0 Å². The van der Waals surface area contributed by atoms with Gasteiger partial charge in [-0.3, -0.25) is 4.79 Å². The summed E-state index contributed by atoms with van der Waals surface area (Å²) in [5, 5.41) is 11.9. The molecule has 4 nitrogen and oxygen atoms in total. The molecule has 0 aromatic heterocycles. The highest BCUT2D eigenvalue weighted by Gasteiger charge is 2.21. The Bertz CT molecular complexity index is 795. The lowest BCUT2D eigenvalue weighted by Crippen LogP contribution is -2.36. The zero-order valence-corrected chi connectivity index (χ0v) is 17.4. The van der Waals surface area contributed by atoms with Crippen LogP contribution in [0.3, 0.4) is 0 Å². The van der Waals surface area contributed by atoms with Gasteiger partial charge in [0.2, 0.25) is 5.91 Å². The minimum atomic E-state index is -0.120. The first-order chi connectivity index (χ1) is 12.9. The number of carbonyl (C=O) groups is 1. The summed E-state index contributed by atoms with van der Waals surface area (Å²) < 4.78 is 6.67. The number of benzene rings is 2. The normalized spacial score (nSPS) is 10.9. The fraction of sp³-hybridized carbons (Fsp3) is 0.364. The highest BCUT2D eigenvalue weighted by molar-refractivity contribution is 9.10. The molecule has 0 aliphatic heterocycles. The summed E-state index contributed by atoms with van der Waals surface area (Å²) in [7, 11) is 0. The van der Waals surface area contributed by atoms with Crippen LogP contribution in [0.1, 0.15) is 44.2 Å². The summed E-state index contributed by atoms with van der Waals surface area (Å²) in [6, 6.07) is 17.4. The lowest BCUT2D eigenvalue weighted by atomic mass is 9.84. The second kappa shape index (κ2) is 10.1. The largest absolute Gasteiger partial charge is 0.494 e. The van der Waals surface area contributed by atoms with Gasteiger partial charge in [0, 0.05) is 22.9 Å². The van der Waals surface area contributed by atoms with E-state index in [1.807, 2.05) is 18.2 Å². The summed E-state index contributed by atoms with van der Waals surface area (Å²) in [4.78, 5) is 12.1. The molecule has 0 radical (unpaired) electrons. The van der Waals surface area contributed by atoms with E-state index in [1.165, 1.54) is 5.56 Å². The van der Waals surface area contributed by atoms with E-state index in [1.54, 1.807) is 18.2 Å². The maximum absolute atomic E-state index is 12.1. The van der Waals surface area contributed by atoms with E-state index in [4.69, 9.17) is 10.00 Å². The van der Waals surface area contributed by atoms with E-state index in [9.17, 15) is 4.79 Å². The highest BCUT2D eigenvalue weighted by Crippen LogP contribution is 2.24. The van der Waals surface area contributed by atoms with Crippen LogP contribution >= 0.6 is 15.9 Å². The van der Waals surface area contributed by atoms with Gasteiger partial charge < -0.3 is 10.1 Å². The molecular formula is C22H25BrN2O2. The van der Waals surface area contributed by atoms with E-state index in [-0.39, 0.29) is 11.3 Å². The van der Waals surface area contributed by atoms with Crippen LogP contribution in [-0.4, -0.2) is 19.1 Å². The molecule has 142 valence electrons. The molecule has 27 heavy (non-hydrogen) atoms.